The van der Waals surface area contributed by atoms with Crippen molar-refractivity contribution in [2.45, 2.75) is 6.92 Å². The van der Waals surface area contributed by atoms with E-state index in [0.29, 0.717) is 35.1 Å². The molecule has 0 atom stereocenters. The molecule has 0 amide bonds. The van der Waals surface area contributed by atoms with Crippen molar-refractivity contribution in [3.63, 3.8) is 0 Å². The Balaban J connectivity index is 1.88. The number of hydrogen-bond acceptors (Lipinski definition) is 6. The Bertz CT molecular complexity index is 1700. The molecular weight excluding hydrogens is 440 g/mol. The van der Waals surface area contributed by atoms with Gasteiger partial charge < -0.3 is 4.74 Å². The van der Waals surface area contributed by atoms with Crippen LogP contribution in [0.5, 0.6) is 5.75 Å². The maximum atomic E-state index is 13.0. The van der Waals surface area contributed by atoms with E-state index in [0.717, 1.165) is 4.57 Å². The third-order valence-corrected chi connectivity index (χ3v) is 5.72. The van der Waals surface area contributed by atoms with Gasteiger partial charge >= 0.3 is 5.69 Å². The second kappa shape index (κ2) is 7.73. The van der Waals surface area contributed by atoms with Gasteiger partial charge in [-0.3, -0.25) is 33.0 Å². The molecule has 0 N–H and O–H groups in total. The zero-order valence-electron chi connectivity index (χ0n) is 18.6. The highest BCUT2D eigenvalue weighted by Gasteiger charge is 2.22. The average molecular weight is 460 g/mol. The Morgan fingerprint density at radius 3 is 2.47 bits per heavy atom. The van der Waals surface area contributed by atoms with Gasteiger partial charge in [-0.1, -0.05) is 12.1 Å². The molecule has 11 nitrogen and oxygen atoms in total. The molecule has 0 aliphatic heterocycles. The van der Waals surface area contributed by atoms with Gasteiger partial charge in [0.15, 0.2) is 11.2 Å². The number of rotatable bonds is 5. The third-order valence-electron chi connectivity index (χ3n) is 5.72. The molecule has 0 radical (unpaired) electrons. The maximum Gasteiger partial charge on any atom is 0.332 e. The first-order chi connectivity index (χ1) is 16.3. The van der Waals surface area contributed by atoms with E-state index < -0.39 is 16.2 Å². The minimum Gasteiger partial charge on any atom is -0.494 e. The quantitative estimate of drug-likeness (QED) is 0.294. The Kier molecular flexibility index (Phi) is 4.82. The number of hydrogen-bond donors (Lipinski definition) is 0. The molecule has 34 heavy (non-hydrogen) atoms. The highest BCUT2D eigenvalue weighted by molar-refractivity contribution is 5.80. The summed E-state index contributed by atoms with van der Waals surface area (Å²) in [6, 6.07) is 13.5. The van der Waals surface area contributed by atoms with Crippen molar-refractivity contribution in [2.75, 3.05) is 6.61 Å². The van der Waals surface area contributed by atoms with Crippen LogP contribution in [0.1, 0.15) is 6.92 Å². The van der Waals surface area contributed by atoms with Crippen LogP contribution in [-0.4, -0.2) is 34.6 Å². The molecular formula is C23H20N6O5. The number of nitrogens with zero attached hydrogens (tertiary/aromatic N) is 6. The second-order valence-electron chi connectivity index (χ2n) is 7.74. The van der Waals surface area contributed by atoms with Gasteiger partial charge in [-0.25, -0.2) is 4.79 Å². The Morgan fingerprint density at radius 1 is 1.06 bits per heavy atom. The van der Waals surface area contributed by atoms with Crippen molar-refractivity contribution in [1.29, 1.82) is 0 Å². The van der Waals surface area contributed by atoms with Crippen molar-refractivity contribution in [2.24, 2.45) is 14.1 Å². The lowest BCUT2D eigenvalue weighted by atomic mass is 10.1. The smallest absolute Gasteiger partial charge is 0.332 e. The molecule has 0 saturated carbocycles. The van der Waals surface area contributed by atoms with E-state index in [-0.39, 0.29) is 16.9 Å². The normalized spacial score (nSPS) is 11.4. The van der Waals surface area contributed by atoms with Gasteiger partial charge in [-0.15, -0.1) is 0 Å². The maximum absolute atomic E-state index is 13.0. The predicted octanol–water partition coefficient (Wildman–Crippen LogP) is 2.65. The summed E-state index contributed by atoms with van der Waals surface area (Å²) in [6.45, 7) is 2.42. The number of aryl methyl sites for hydroxylation is 1. The van der Waals surface area contributed by atoms with Crippen LogP contribution in [0.15, 0.2) is 64.3 Å². The number of benzene rings is 2. The number of non-ortho nitro benzene ring substituents is 1. The van der Waals surface area contributed by atoms with E-state index in [1.807, 2.05) is 31.2 Å². The summed E-state index contributed by atoms with van der Waals surface area (Å²) in [5.74, 6) is 1.08. The number of nitro groups is 1. The standard InChI is InChI=1S/C23H20N6O5/c1-4-34-17-10-8-15(9-11-17)28-18(14-6-5-7-16(12-14)29(32)33)13-27-19-20(24-22(27)28)25(2)23(31)26(3)21(19)30/h5-13H,4H2,1-3H3. The predicted molar refractivity (Wildman–Crippen MR) is 126 cm³/mol. The number of fused-ring (bicyclic) bond motifs is 3. The summed E-state index contributed by atoms with van der Waals surface area (Å²) >= 11 is 0. The fourth-order valence-electron chi connectivity index (χ4n) is 4.07. The van der Waals surface area contributed by atoms with Crippen molar-refractivity contribution in [3.8, 4) is 22.7 Å². The summed E-state index contributed by atoms with van der Waals surface area (Å²) < 4.78 is 11.3. The zero-order chi connectivity index (χ0) is 24.1. The number of imidazole rings is 2. The Hall–Kier alpha value is -4.67. The summed E-state index contributed by atoms with van der Waals surface area (Å²) in [6.07, 6.45) is 1.70. The van der Waals surface area contributed by atoms with Crippen LogP contribution in [0, 0.1) is 10.1 Å². The molecule has 5 rings (SSSR count). The highest BCUT2D eigenvalue weighted by atomic mass is 16.6. The largest absolute Gasteiger partial charge is 0.494 e. The van der Waals surface area contributed by atoms with Crippen LogP contribution in [0.2, 0.25) is 0 Å². The molecule has 5 aromatic rings. The molecule has 0 bridgehead atoms. The Morgan fingerprint density at radius 2 is 1.79 bits per heavy atom. The van der Waals surface area contributed by atoms with Crippen molar-refractivity contribution < 1.29 is 9.66 Å². The molecule has 0 spiro atoms. The molecule has 0 unspecified atom stereocenters. The summed E-state index contributed by atoms with van der Waals surface area (Å²) in [4.78, 5) is 41.0. The van der Waals surface area contributed by atoms with Crippen LogP contribution in [0.25, 0.3) is 33.9 Å². The van der Waals surface area contributed by atoms with Crippen LogP contribution in [0.3, 0.4) is 0 Å². The van der Waals surface area contributed by atoms with E-state index in [1.54, 1.807) is 34.3 Å². The van der Waals surface area contributed by atoms with Crippen LogP contribution in [0.4, 0.5) is 5.69 Å². The monoisotopic (exact) mass is 460 g/mol. The van der Waals surface area contributed by atoms with Crippen LogP contribution in [-0.2, 0) is 14.1 Å². The lowest BCUT2D eigenvalue weighted by molar-refractivity contribution is -0.384. The van der Waals surface area contributed by atoms with Crippen LogP contribution < -0.4 is 16.0 Å². The number of nitro benzene ring substituents is 1. The first kappa shape index (κ1) is 21.2. The SMILES string of the molecule is CCOc1ccc(-n2c(-c3cccc([N+](=O)[O-])c3)cn3c4c(=O)n(C)c(=O)n(C)c4nc23)cc1. The summed E-state index contributed by atoms with van der Waals surface area (Å²) in [5.41, 5.74) is 1.32. The second-order valence-corrected chi connectivity index (χ2v) is 7.74. The Labute approximate surface area is 191 Å². The fourth-order valence-corrected chi connectivity index (χ4v) is 4.07. The van der Waals surface area contributed by atoms with Crippen molar-refractivity contribution in [3.05, 3.63) is 85.7 Å². The first-order valence-corrected chi connectivity index (χ1v) is 10.5. The zero-order valence-corrected chi connectivity index (χ0v) is 18.6. The molecule has 0 fully saturated rings. The molecule has 0 aliphatic rings. The van der Waals surface area contributed by atoms with E-state index in [2.05, 4.69) is 4.98 Å². The lowest BCUT2D eigenvalue weighted by Gasteiger charge is -2.10. The fraction of sp³-hybridized carbons (Fsp3) is 0.174. The minimum absolute atomic E-state index is 0.0576. The first-order valence-electron chi connectivity index (χ1n) is 10.5. The van der Waals surface area contributed by atoms with E-state index in [9.17, 15) is 19.7 Å². The van der Waals surface area contributed by atoms with Gasteiger partial charge in [0.25, 0.3) is 11.2 Å². The molecule has 3 heterocycles. The molecule has 2 aromatic carbocycles. The summed E-state index contributed by atoms with van der Waals surface area (Å²) in [7, 11) is 2.97. The molecule has 0 saturated heterocycles. The minimum atomic E-state index is -0.486. The van der Waals surface area contributed by atoms with E-state index >= 15 is 0 Å². The van der Waals surface area contributed by atoms with Crippen LogP contribution >= 0.6 is 0 Å². The number of aromatic nitrogens is 5. The van der Waals surface area contributed by atoms with Gasteiger partial charge in [0, 0.05) is 43.7 Å². The summed E-state index contributed by atoms with van der Waals surface area (Å²) in [5, 5.41) is 11.4. The van der Waals surface area contributed by atoms with Gasteiger partial charge in [0.1, 0.15) is 5.75 Å². The molecule has 0 aliphatic carbocycles. The van der Waals surface area contributed by atoms with Gasteiger partial charge in [0.2, 0.25) is 5.78 Å². The molecule has 11 heteroatoms. The topological polar surface area (TPSA) is 119 Å². The lowest BCUT2D eigenvalue weighted by Crippen LogP contribution is -2.37. The third kappa shape index (κ3) is 3.09. The van der Waals surface area contributed by atoms with Crippen molar-refractivity contribution in [1.82, 2.24) is 23.1 Å². The van der Waals surface area contributed by atoms with E-state index in [4.69, 9.17) is 4.74 Å². The number of ether oxygens (including phenoxy) is 1. The average Bonchev–Trinajstić information content (AvgIpc) is 3.39. The molecule has 3 aromatic heterocycles. The molecule has 172 valence electrons. The van der Waals surface area contributed by atoms with E-state index in [1.165, 1.54) is 23.7 Å². The highest BCUT2D eigenvalue weighted by Crippen LogP contribution is 2.31. The van der Waals surface area contributed by atoms with Gasteiger partial charge in [-0.05, 0) is 31.2 Å². The van der Waals surface area contributed by atoms with Gasteiger partial charge in [0.05, 0.1) is 17.2 Å². The van der Waals surface area contributed by atoms with Gasteiger partial charge in [-0.2, -0.15) is 4.98 Å². The van der Waals surface area contributed by atoms with Crippen molar-refractivity contribution >= 4 is 22.6 Å².